The van der Waals surface area contributed by atoms with Crippen LogP contribution in [0.3, 0.4) is 0 Å². The van der Waals surface area contributed by atoms with E-state index in [-0.39, 0.29) is 40.4 Å². The summed E-state index contributed by atoms with van der Waals surface area (Å²) in [4.78, 5) is 31.1. The predicted molar refractivity (Wildman–Crippen MR) is 165 cm³/mol. The molecule has 3 atom stereocenters. The first-order chi connectivity index (χ1) is 21.1. The van der Waals surface area contributed by atoms with Gasteiger partial charge in [0.25, 0.3) is 5.91 Å². The molecule has 1 unspecified atom stereocenters. The third kappa shape index (κ3) is 4.65. The average Bonchev–Trinajstić information content (AvgIpc) is 3.73. The molecule has 1 aromatic carbocycles. The van der Waals surface area contributed by atoms with Gasteiger partial charge in [-0.25, -0.2) is 13.4 Å². The van der Waals surface area contributed by atoms with Crippen LogP contribution in [0.5, 0.6) is 0 Å². The van der Waals surface area contributed by atoms with Crippen LogP contribution in [0.15, 0.2) is 59.8 Å². The highest BCUT2D eigenvalue weighted by Crippen LogP contribution is 2.45. The molecule has 13 nitrogen and oxygen atoms in total. The first kappa shape index (κ1) is 28.0. The number of anilines is 2. The molecular formula is C30H32N10O3S. The van der Waals surface area contributed by atoms with Gasteiger partial charge in [0.15, 0.2) is 15.5 Å². The minimum atomic E-state index is -3.76. The fraction of sp³-hybridized carbons (Fsp3) is 0.333. The van der Waals surface area contributed by atoms with Gasteiger partial charge in [0, 0.05) is 61.2 Å². The van der Waals surface area contributed by atoms with Crippen LogP contribution in [-0.4, -0.2) is 86.4 Å². The third-order valence-corrected chi connectivity index (χ3v) is 9.77. The molecule has 14 heteroatoms. The number of hydrogen-bond acceptors (Lipinski definition) is 10. The Bertz CT molecular complexity index is 1970. The molecule has 2 saturated heterocycles. The zero-order valence-electron chi connectivity index (χ0n) is 24.5. The number of carbonyl (C=O) groups is 1. The van der Waals surface area contributed by atoms with Crippen LogP contribution >= 0.6 is 0 Å². The van der Waals surface area contributed by atoms with E-state index in [1.807, 2.05) is 61.5 Å². The molecule has 0 saturated carbocycles. The Morgan fingerprint density at radius 2 is 1.73 bits per heavy atom. The number of sulfone groups is 1. The molecular weight excluding hydrogens is 580 g/mol. The third-order valence-electron chi connectivity index (χ3n) is 8.61. The highest BCUT2D eigenvalue weighted by molar-refractivity contribution is 7.91. The van der Waals surface area contributed by atoms with E-state index in [1.54, 1.807) is 17.3 Å². The maximum Gasteiger partial charge on any atom is 0.291 e. The number of hydrogen-bond donors (Lipinski definition) is 2. The van der Waals surface area contributed by atoms with Crippen molar-refractivity contribution in [2.24, 2.45) is 0 Å². The number of aromatic amines is 1. The molecule has 6 heterocycles. The first-order valence-corrected chi connectivity index (χ1v) is 16.3. The van der Waals surface area contributed by atoms with Crippen LogP contribution in [0.25, 0.3) is 28.0 Å². The zero-order chi connectivity index (χ0) is 30.7. The molecule has 4 aromatic heterocycles. The molecule has 44 heavy (non-hydrogen) atoms. The van der Waals surface area contributed by atoms with E-state index in [9.17, 15) is 13.2 Å². The Morgan fingerprint density at radius 3 is 2.34 bits per heavy atom. The number of pyridine rings is 1. The second kappa shape index (κ2) is 10.4. The number of nitrogen functional groups attached to an aromatic ring is 1. The summed E-state index contributed by atoms with van der Waals surface area (Å²) in [7, 11) is -0.140. The number of piperidine rings is 1. The number of H-pyrrole nitrogens is 1. The Labute approximate surface area is 254 Å². The fourth-order valence-corrected chi connectivity index (χ4v) is 7.67. The van der Waals surface area contributed by atoms with Crippen molar-refractivity contribution in [2.45, 2.75) is 48.6 Å². The minimum absolute atomic E-state index is 0.00719. The molecule has 2 aliphatic heterocycles. The van der Waals surface area contributed by atoms with Crippen molar-refractivity contribution in [1.82, 2.24) is 39.7 Å². The van der Waals surface area contributed by atoms with Gasteiger partial charge in [-0.15, -0.1) is 5.10 Å². The number of nitrogens with two attached hydrogens (primary N) is 1. The molecule has 2 bridgehead atoms. The Hall–Kier alpha value is -4.85. The fourth-order valence-electron chi connectivity index (χ4n) is 6.61. The Balaban J connectivity index is 1.25. The topological polar surface area (TPSA) is 168 Å². The number of nitrogens with one attached hydrogen (secondary N) is 1. The van der Waals surface area contributed by atoms with Gasteiger partial charge >= 0.3 is 0 Å². The number of rotatable bonds is 6. The van der Waals surface area contributed by atoms with E-state index >= 15 is 0 Å². The van der Waals surface area contributed by atoms with E-state index in [4.69, 9.17) is 10.7 Å². The van der Waals surface area contributed by atoms with E-state index in [0.717, 1.165) is 35.9 Å². The Morgan fingerprint density at radius 1 is 1.00 bits per heavy atom. The van der Waals surface area contributed by atoms with Crippen LogP contribution in [0.2, 0.25) is 0 Å². The summed E-state index contributed by atoms with van der Waals surface area (Å²) in [5.74, 6) is 0.231. The van der Waals surface area contributed by atoms with Crippen molar-refractivity contribution >= 4 is 33.2 Å². The maximum atomic E-state index is 13.5. The van der Waals surface area contributed by atoms with Gasteiger partial charge in [-0.1, -0.05) is 36.4 Å². The van der Waals surface area contributed by atoms with Gasteiger partial charge in [-0.05, 0) is 31.7 Å². The van der Waals surface area contributed by atoms with Gasteiger partial charge in [0.05, 0.1) is 17.6 Å². The van der Waals surface area contributed by atoms with E-state index in [1.165, 1.54) is 4.52 Å². The van der Waals surface area contributed by atoms with Gasteiger partial charge in [0.1, 0.15) is 10.7 Å². The number of nitrogens with zero attached hydrogens (tertiary/aromatic N) is 8. The summed E-state index contributed by atoms with van der Waals surface area (Å²) in [6, 6.07) is 13.6. The van der Waals surface area contributed by atoms with Crippen molar-refractivity contribution < 1.29 is 13.2 Å². The summed E-state index contributed by atoms with van der Waals surface area (Å²) in [6.45, 7) is 0. The molecule has 2 fully saturated rings. The number of fused-ring (bicyclic) bond motifs is 3. The standard InChI is InChI=1S/C30H32N10O3S/c1-38(2)30-35-27(36-37-30)29(41)39-20-10-11-21(39)14-19(13-20)24-25(44(3,42)43)26(31)40-28(34-24)22(16-33-40)18-9-12-23(32-15-18)17-7-5-4-6-8-17/h4-9,12,15-16,19-21H,10-11,13-14,31H2,1-3H3,(H,35,36,37)/t19?,20-,21+. The minimum Gasteiger partial charge on any atom is -0.382 e. The lowest BCUT2D eigenvalue weighted by Crippen LogP contribution is -2.46. The lowest BCUT2D eigenvalue weighted by atomic mass is 9.87. The largest absolute Gasteiger partial charge is 0.382 e. The zero-order valence-corrected chi connectivity index (χ0v) is 25.4. The van der Waals surface area contributed by atoms with Crippen LogP contribution in [-0.2, 0) is 9.84 Å². The lowest BCUT2D eigenvalue weighted by molar-refractivity contribution is 0.0556. The molecule has 0 aliphatic carbocycles. The SMILES string of the molecule is CN(C)c1n[nH]c(C(=O)N2[C@@H]3CC[C@H]2CC(c2nc4c(-c5ccc(-c6ccccc6)nc5)cnn4c(N)c2S(C)(=O)=O)C3)n1. The van der Waals surface area contributed by atoms with Gasteiger partial charge in [0.2, 0.25) is 11.8 Å². The predicted octanol–water partition coefficient (Wildman–Crippen LogP) is 3.18. The normalized spacial score (nSPS) is 19.9. The summed E-state index contributed by atoms with van der Waals surface area (Å²) in [6.07, 6.45) is 7.27. The van der Waals surface area contributed by atoms with Gasteiger partial charge in [-0.3, -0.25) is 14.9 Å². The van der Waals surface area contributed by atoms with Crippen molar-refractivity contribution in [3.05, 3.63) is 66.4 Å². The van der Waals surface area contributed by atoms with Crippen LogP contribution in [0.4, 0.5) is 11.8 Å². The van der Waals surface area contributed by atoms with E-state index < -0.39 is 9.84 Å². The summed E-state index contributed by atoms with van der Waals surface area (Å²) < 4.78 is 27.7. The molecule has 3 N–H and O–H groups in total. The number of benzene rings is 1. The molecule has 0 radical (unpaired) electrons. The first-order valence-electron chi connectivity index (χ1n) is 14.4. The van der Waals surface area contributed by atoms with Crippen molar-refractivity contribution in [3.8, 4) is 22.4 Å². The quantitative estimate of drug-likeness (QED) is 0.290. The average molecular weight is 613 g/mol. The van der Waals surface area contributed by atoms with Gasteiger partial charge < -0.3 is 15.5 Å². The van der Waals surface area contributed by atoms with Crippen LogP contribution in [0, 0.1) is 0 Å². The second-order valence-corrected chi connectivity index (χ2v) is 13.7. The highest BCUT2D eigenvalue weighted by Gasteiger charge is 2.46. The van der Waals surface area contributed by atoms with E-state index in [0.29, 0.717) is 35.7 Å². The lowest BCUT2D eigenvalue weighted by Gasteiger charge is -2.38. The summed E-state index contributed by atoms with van der Waals surface area (Å²) >= 11 is 0. The summed E-state index contributed by atoms with van der Waals surface area (Å²) in [5.41, 5.74) is 10.7. The molecule has 0 spiro atoms. The molecule has 226 valence electrons. The highest BCUT2D eigenvalue weighted by atomic mass is 32.2. The number of amides is 1. The smallest absolute Gasteiger partial charge is 0.291 e. The number of aromatic nitrogens is 7. The monoisotopic (exact) mass is 612 g/mol. The Kier molecular flexibility index (Phi) is 6.61. The van der Waals surface area contributed by atoms with Gasteiger partial charge in [-0.2, -0.15) is 14.6 Å². The number of carbonyl (C=O) groups excluding carboxylic acids is 1. The molecule has 2 aliphatic rings. The van der Waals surface area contributed by atoms with Crippen molar-refractivity contribution in [1.29, 1.82) is 0 Å². The van der Waals surface area contributed by atoms with E-state index in [2.05, 4.69) is 25.3 Å². The van der Waals surface area contributed by atoms with Crippen molar-refractivity contribution in [3.63, 3.8) is 0 Å². The molecule has 1 amide bonds. The second-order valence-electron chi connectivity index (χ2n) is 11.7. The van der Waals surface area contributed by atoms with Crippen LogP contribution in [0.1, 0.15) is 47.9 Å². The summed E-state index contributed by atoms with van der Waals surface area (Å²) in [5, 5.41) is 11.3. The maximum absolute atomic E-state index is 13.5. The van der Waals surface area contributed by atoms with Crippen molar-refractivity contribution in [2.75, 3.05) is 31.0 Å². The van der Waals surface area contributed by atoms with Crippen LogP contribution < -0.4 is 10.6 Å². The molecule has 7 rings (SSSR count). The molecule has 5 aromatic rings.